The van der Waals surface area contributed by atoms with Crippen molar-refractivity contribution >= 4 is 17.7 Å². The van der Waals surface area contributed by atoms with Crippen molar-refractivity contribution < 1.29 is 4.79 Å². The molecule has 1 saturated heterocycles. The molecule has 1 heterocycles. The number of aryl methyl sites for hydroxylation is 1. The minimum Gasteiger partial charge on any atom is -0.351 e. The molecule has 4 heteroatoms. The molecule has 2 rings (SSSR count). The van der Waals surface area contributed by atoms with E-state index in [0.29, 0.717) is 12.5 Å². The van der Waals surface area contributed by atoms with Gasteiger partial charge in [0.15, 0.2) is 0 Å². The highest BCUT2D eigenvalue weighted by Crippen LogP contribution is 2.15. The molecular formula is C17H26N2OS. The van der Waals surface area contributed by atoms with E-state index < -0.39 is 0 Å². The van der Waals surface area contributed by atoms with Crippen LogP contribution in [0.5, 0.6) is 0 Å². The smallest absolute Gasteiger partial charge is 0.222 e. The Bertz CT molecular complexity index is 441. The van der Waals surface area contributed by atoms with Crippen molar-refractivity contribution in [2.75, 3.05) is 18.1 Å². The number of rotatable bonds is 6. The highest BCUT2D eigenvalue weighted by Gasteiger charge is 2.23. The first-order chi connectivity index (χ1) is 10.1. The maximum atomic E-state index is 12.2. The molecule has 21 heavy (non-hydrogen) atoms. The summed E-state index contributed by atoms with van der Waals surface area (Å²) >= 11 is 1.93. The first-order valence-corrected chi connectivity index (χ1v) is 8.87. The maximum absolute atomic E-state index is 12.2. The van der Waals surface area contributed by atoms with Crippen molar-refractivity contribution in [1.29, 1.82) is 0 Å². The second-order valence-electron chi connectivity index (χ2n) is 6.35. The molecule has 1 fully saturated rings. The van der Waals surface area contributed by atoms with Crippen LogP contribution in [0.4, 0.5) is 0 Å². The van der Waals surface area contributed by atoms with Gasteiger partial charge in [0.1, 0.15) is 0 Å². The lowest BCUT2D eigenvalue weighted by Crippen LogP contribution is -2.47. The fourth-order valence-electron chi connectivity index (χ4n) is 2.57. The minimum absolute atomic E-state index is 0.158. The molecule has 1 aromatic carbocycles. The lowest BCUT2D eigenvalue weighted by Gasteiger charge is -2.29. The molecule has 2 N–H and O–H groups in total. The average molecular weight is 306 g/mol. The zero-order valence-corrected chi connectivity index (χ0v) is 13.8. The van der Waals surface area contributed by atoms with E-state index in [-0.39, 0.29) is 11.4 Å². The minimum atomic E-state index is -0.158. The monoisotopic (exact) mass is 306 g/mol. The molecule has 3 nitrogen and oxygen atoms in total. The zero-order chi connectivity index (χ0) is 15.1. The van der Waals surface area contributed by atoms with Gasteiger partial charge in [-0.1, -0.05) is 30.3 Å². The molecule has 0 aromatic heterocycles. The van der Waals surface area contributed by atoms with E-state index in [0.717, 1.165) is 30.9 Å². The fraction of sp³-hybridized carbons (Fsp3) is 0.588. The highest BCUT2D eigenvalue weighted by molar-refractivity contribution is 7.99. The number of amides is 1. The molecule has 0 radical (unpaired) electrons. The summed E-state index contributed by atoms with van der Waals surface area (Å²) in [5.74, 6) is 2.35. The van der Waals surface area contributed by atoms with Gasteiger partial charge in [-0.05, 0) is 32.3 Å². The Hall–Kier alpha value is -1.000. The van der Waals surface area contributed by atoms with Crippen LogP contribution in [0.1, 0.15) is 32.3 Å². The summed E-state index contributed by atoms with van der Waals surface area (Å²) in [6, 6.07) is 10.8. The quantitative estimate of drug-likeness (QED) is 0.849. The van der Waals surface area contributed by atoms with Crippen LogP contribution in [0.2, 0.25) is 0 Å². The molecule has 1 aromatic rings. The first-order valence-electron chi connectivity index (χ1n) is 7.71. The number of benzene rings is 1. The van der Waals surface area contributed by atoms with Gasteiger partial charge in [0.2, 0.25) is 5.91 Å². The van der Waals surface area contributed by atoms with Crippen molar-refractivity contribution in [3.63, 3.8) is 0 Å². The zero-order valence-electron chi connectivity index (χ0n) is 13.0. The number of thioether (sulfide) groups is 1. The molecule has 1 atom stereocenters. The van der Waals surface area contributed by atoms with Crippen molar-refractivity contribution in [2.24, 2.45) is 0 Å². The Labute approximate surface area is 132 Å². The Morgan fingerprint density at radius 1 is 1.38 bits per heavy atom. The largest absolute Gasteiger partial charge is 0.351 e. The summed E-state index contributed by atoms with van der Waals surface area (Å²) in [4.78, 5) is 12.2. The van der Waals surface area contributed by atoms with Crippen LogP contribution in [0, 0.1) is 0 Å². The highest BCUT2D eigenvalue weighted by atomic mass is 32.2. The van der Waals surface area contributed by atoms with Crippen LogP contribution in [0.15, 0.2) is 30.3 Å². The van der Waals surface area contributed by atoms with Crippen LogP contribution < -0.4 is 10.6 Å². The molecule has 0 spiro atoms. The molecule has 1 aliphatic rings. The van der Waals surface area contributed by atoms with E-state index in [1.54, 1.807) is 0 Å². The number of nitrogens with one attached hydrogen (secondary N) is 2. The maximum Gasteiger partial charge on any atom is 0.222 e. The van der Waals surface area contributed by atoms with Crippen molar-refractivity contribution in [3.05, 3.63) is 35.9 Å². The van der Waals surface area contributed by atoms with Gasteiger partial charge in [0, 0.05) is 36.1 Å². The van der Waals surface area contributed by atoms with Crippen molar-refractivity contribution in [1.82, 2.24) is 10.6 Å². The van der Waals surface area contributed by atoms with Gasteiger partial charge in [-0.2, -0.15) is 11.8 Å². The Balaban J connectivity index is 1.75. The van der Waals surface area contributed by atoms with Crippen LogP contribution >= 0.6 is 11.8 Å². The molecule has 0 saturated carbocycles. The molecule has 1 aliphatic heterocycles. The normalized spacial score (nSPS) is 19.2. The summed E-state index contributed by atoms with van der Waals surface area (Å²) < 4.78 is 0. The topological polar surface area (TPSA) is 41.1 Å². The van der Waals surface area contributed by atoms with Gasteiger partial charge in [-0.15, -0.1) is 0 Å². The Morgan fingerprint density at radius 3 is 2.81 bits per heavy atom. The van der Waals surface area contributed by atoms with Gasteiger partial charge in [0.05, 0.1) is 0 Å². The Morgan fingerprint density at radius 2 is 2.14 bits per heavy atom. The number of hydrogen-bond donors (Lipinski definition) is 2. The summed E-state index contributed by atoms with van der Waals surface area (Å²) in [6.07, 6.45) is 2.53. The van der Waals surface area contributed by atoms with Crippen LogP contribution in [-0.2, 0) is 11.2 Å². The summed E-state index contributed by atoms with van der Waals surface area (Å²) in [5.41, 5.74) is 1.17. The van der Waals surface area contributed by atoms with Crippen LogP contribution in [-0.4, -0.2) is 35.5 Å². The van der Waals surface area contributed by atoms with E-state index in [4.69, 9.17) is 0 Å². The number of carbonyl (C=O) groups is 1. The lowest BCUT2D eigenvalue weighted by molar-refractivity contribution is -0.123. The van der Waals surface area contributed by atoms with Crippen molar-refractivity contribution in [3.8, 4) is 0 Å². The van der Waals surface area contributed by atoms with Gasteiger partial charge >= 0.3 is 0 Å². The molecule has 1 unspecified atom stereocenters. The second-order valence-corrected chi connectivity index (χ2v) is 7.50. The van der Waals surface area contributed by atoms with E-state index in [1.807, 2.05) is 17.8 Å². The van der Waals surface area contributed by atoms with Crippen molar-refractivity contribution in [2.45, 2.75) is 44.7 Å². The van der Waals surface area contributed by atoms with E-state index in [1.165, 1.54) is 5.56 Å². The van der Waals surface area contributed by atoms with Gasteiger partial charge in [-0.25, -0.2) is 0 Å². The van der Waals surface area contributed by atoms with E-state index in [9.17, 15) is 4.79 Å². The van der Waals surface area contributed by atoms with Gasteiger partial charge in [-0.3, -0.25) is 4.79 Å². The molecular weight excluding hydrogens is 280 g/mol. The third kappa shape index (κ3) is 6.10. The fourth-order valence-corrected chi connectivity index (χ4v) is 3.52. The molecule has 0 aliphatic carbocycles. The standard InChI is InChI=1S/C17H26N2OS/c1-17(2,9-8-14-6-4-3-5-7-14)19-16(20)12-15-13-21-11-10-18-15/h3-7,15,18H,8-13H2,1-2H3,(H,19,20). The SMILES string of the molecule is CC(C)(CCc1ccccc1)NC(=O)CC1CSCCN1. The first kappa shape index (κ1) is 16.4. The summed E-state index contributed by atoms with van der Waals surface area (Å²) in [6.45, 7) is 5.23. The summed E-state index contributed by atoms with van der Waals surface area (Å²) in [7, 11) is 0. The number of hydrogen-bond acceptors (Lipinski definition) is 3. The summed E-state index contributed by atoms with van der Waals surface area (Å²) in [5, 5.41) is 6.60. The van der Waals surface area contributed by atoms with Crippen LogP contribution in [0.3, 0.4) is 0 Å². The second kappa shape index (κ2) is 7.85. The number of carbonyl (C=O) groups excluding carboxylic acids is 1. The van der Waals surface area contributed by atoms with Gasteiger partial charge < -0.3 is 10.6 Å². The predicted molar refractivity (Wildman–Crippen MR) is 90.7 cm³/mol. The molecule has 1 amide bonds. The third-order valence-electron chi connectivity index (χ3n) is 3.79. The molecule has 116 valence electrons. The van der Waals surface area contributed by atoms with E-state index >= 15 is 0 Å². The van der Waals surface area contributed by atoms with Gasteiger partial charge in [0.25, 0.3) is 0 Å². The lowest BCUT2D eigenvalue weighted by atomic mass is 9.95. The Kier molecular flexibility index (Phi) is 6.12. The third-order valence-corrected chi connectivity index (χ3v) is 4.92. The molecule has 0 bridgehead atoms. The van der Waals surface area contributed by atoms with E-state index in [2.05, 4.69) is 48.7 Å². The van der Waals surface area contributed by atoms with Crippen LogP contribution in [0.25, 0.3) is 0 Å². The average Bonchev–Trinajstić information content (AvgIpc) is 2.47. The predicted octanol–water partition coefficient (Wildman–Crippen LogP) is 2.61.